The van der Waals surface area contributed by atoms with Gasteiger partial charge in [0.15, 0.2) is 0 Å². The predicted molar refractivity (Wildman–Crippen MR) is 111 cm³/mol. The molecule has 3 atom stereocenters. The average Bonchev–Trinajstić information content (AvgIpc) is 2.72. The van der Waals surface area contributed by atoms with Crippen LogP contribution in [0.1, 0.15) is 17.0 Å². The number of hydrogen-bond donors (Lipinski definition) is 2. The summed E-state index contributed by atoms with van der Waals surface area (Å²) in [6.45, 7) is 1.69. The molecular formula is C23H25FN4O. The molecule has 1 fully saturated rings. The Kier molecular flexibility index (Phi) is 5.94. The van der Waals surface area contributed by atoms with Crippen LogP contribution < -0.4 is 5.32 Å². The van der Waals surface area contributed by atoms with E-state index in [2.05, 4.69) is 27.2 Å². The van der Waals surface area contributed by atoms with Gasteiger partial charge in [0.1, 0.15) is 12.1 Å². The molecule has 0 saturated carbocycles. The van der Waals surface area contributed by atoms with Crippen LogP contribution in [0.3, 0.4) is 0 Å². The smallest absolute Gasteiger partial charge is 0.131 e. The second-order valence-corrected chi connectivity index (χ2v) is 7.63. The van der Waals surface area contributed by atoms with Crippen molar-refractivity contribution in [3.8, 4) is 11.1 Å². The number of aliphatic hydroxyl groups is 1. The molecule has 0 unspecified atom stereocenters. The van der Waals surface area contributed by atoms with Crippen LogP contribution in [0.2, 0.25) is 0 Å². The normalized spacial score (nSPS) is 21.2. The van der Waals surface area contributed by atoms with E-state index in [1.54, 1.807) is 12.1 Å². The van der Waals surface area contributed by atoms with E-state index in [9.17, 15) is 9.50 Å². The number of aromatic nitrogens is 2. The van der Waals surface area contributed by atoms with Gasteiger partial charge in [0.05, 0.1) is 6.61 Å². The molecule has 29 heavy (non-hydrogen) atoms. The Morgan fingerprint density at radius 3 is 2.45 bits per heavy atom. The minimum Gasteiger partial charge on any atom is -0.395 e. The van der Waals surface area contributed by atoms with Crippen molar-refractivity contribution in [3.05, 3.63) is 84.2 Å². The van der Waals surface area contributed by atoms with Crippen LogP contribution >= 0.6 is 0 Å². The first-order valence-electron chi connectivity index (χ1n) is 9.80. The lowest BCUT2D eigenvalue weighted by Crippen LogP contribution is -2.64. The van der Waals surface area contributed by atoms with Gasteiger partial charge in [-0.3, -0.25) is 0 Å². The Morgan fingerprint density at radius 1 is 1.03 bits per heavy atom. The van der Waals surface area contributed by atoms with E-state index in [1.165, 1.54) is 12.4 Å². The maximum atomic E-state index is 14.1. The van der Waals surface area contributed by atoms with E-state index in [1.807, 2.05) is 42.7 Å². The summed E-state index contributed by atoms with van der Waals surface area (Å²) in [5, 5.41) is 13.2. The second kappa shape index (κ2) is 8.78. The minimum absolute atomic E-state index is 0.0350. The minimum atomic E-state index is -0.219. The number of nitrogens with zero attached hydrogens (tertiary/aromatic N) is 3. The maximum Gasteiger partial charge on any atom is 0.131 e. The first-order chi connectivity index (χ1) is 14.2. The maximum absolute atomic E-state index is 14.1. The lowest BCUT2D eigenvalue weighted by Gasteiger charge is -2.47. The fourth-order valence-corrected chi connectivity index (χ4v) is 4.15. The Balaban J connectivity index is 1.46. The van der Waals surface area contributed by atoms with E-state index in [0.717, 1.165) is 29.8 Å². The van der Waals surface area contributed by atoms with Gasteiger partial charge in [-0.15, -0.1) is 0 Å². The molecule has 4 rings (SSSR count). The van der Waals surface area contributed by atoms with Gasteiger partial charge < -0.3 is 15.3 Å². The van der Waals surface area contributed by atoms with Gasteiger partial charge in [-0.25, -0.2) is 14.4 Å². The third-order valence-corrected chi connectivity index (χ3v) is 5.55. The molecule has 0 radical (unpaired) electrons. The molecule has 6 heteroatoms. The number of benzene rings is 2. The lowest BCUT2D eigenvalue weighted by atomic mass is 9.77. The molecule has 0 bridgehead atoms. The van der Waals surface area contributed by atoms with Gasteiger partial charge in [-0.1, -0.05) is 42.5 Å². The molecule has 1 aromatic heterocycles. The average molecular weight is 392 g/mol. The molecule has 2 N–H and O–H groups in total. The van der Waals surface area contributed by atoms with Gasteiger partial charge in [0.25, 0.3) is 0 Å². The van der Waals surface area contributed by atoms with E-state index in [0.29, 0.717) is 5.56 Å². The molecule has 0 amide bonds. The Hall–Kier alpha value is -2.67. The van der Waals surface area contributed by atoms with E-state index in [-0.39, 0.29) is 30.4 Å². The number of likely N-dealkylation sites (N-methyl/N-ethyl adjacent to an activating group) is 1. The molecule has 3 aromatic rings. The fraction of sp³-hybridized carbons (Fsp3) is 0.304. The van der Waals surface area contributed by atoms with Crippen LogP contribution in [-0.2, 0) is 6.54 Å². The topological polar surface area (TPSA) is 61.3 Å². The quantitative estimate of drug-likeness (QED) is 0.648. The molecule has 1 saturated heterocycles. The third-order valence-electron chi connectivity index (χ3n) is 5.55. The van der Waals surface area contributed by atoms with Crippen molar-refractivity contribution < 1.29 is 9.50 Å². The van der Waals surface area contributed by atoms with Crippen molar-refractivity contribution in [2.24, 2.45) is 0 Å². The summed E-state index contributed by atoms with van der Waals surface area (Å²) in [5.41, 5.74) is 3.69. The van der Waals surface area contributed by atoms with Gasteiger partial charge in [0, 0.05) is 54.6 Å². The highest BCUT2D eigenvalue weighted by atomic mass is 19.1. The zero-order chi connectivity index (χ0) is 20.2. The zero-order valence-corrected chi connectivity index (χ0v) is 16.4. The van der Waals surface area contributed by atoms with Crippen LogP contribution in [-0.4, -0.2) is 52.3 Å². The molecule has 2 aromatic carbocycles. The van der Waals surface area contributed by atoms with E-state index in [4.69, 9.17) is 0 Å². The van der Waals surface area contributed by atoms with Crippen molar-refractivity contribution in [1.29, 1.82) is 0 Å². The molecule has 5 nitrogen and oxygen atoms in total. The molecule has 150 valence electrons. The predicted octanol–water partition coefficient (Wildman–Crippen LogP) is 2.83. The lowest BCUT2D eigenvalue weighted by molar-refractivity contribution is 0.103. The molecule has 0 aliphatic carbocycles. The Labute approximate surface area is 170 Å². The highest BCUT2D eigenvalue weighted by Crippen LogP contribution is 2.34. The summed E-state index contributed by atoms with van der Waals surface area (Å²) in [4.78, 5) is 10.4. The summed E-state index contributed by atoms with van der Waals surface area (Å²) < 4.78 is 14.1. The number of nitrogens with one attached hydrogen (secondary N) is 1. The second-order valence-electron chi connectivity index (χ2n) is 7.63. The number of hydrogen-bond acceptors (Lipinski definition) is 5. The highest BCUT2D eigenvalue weighted by Gasteiger charge is 2.41. The van der Waals surface area contributed by atoms with Gasteiger partial charge in [-0.05, 0) is 24.2 Å². The summed E-state index contributed by atoms with van der Waals surface area (Å²) in [6.07, 6.45) is 5.18. The number of rotatable bonds is 7. The molecule has 0 spiro atoms. The third kappa shape index (κ3) is 4.34. The van der Waals surface area contributed by atoms with Crippen molar-refractivity contribution in [1.82, 2.24) is 20.2 Å². The Morgan fingerprint density at radius 2 is 1.76 bits per heavy atom. The van der Waals surface area contributed by atoms with Crippen molar-refractivity contribution >= 4 is 0 Å². The van der Waals surface area contributed by atoms with Crippen LogP contribution in [0.25, 0.3) is 11.1 Å². The summed E-state index contributed by atoms with van der Waals surface area (Å²) in [6, 6.07) is 15.1. The van der Waals surface area contributed by atoms with Crippen molar-refractivity contribution in [3.63, 3.8) is 0 Å². The summed E-state index contributed by atoms with van der Waals surface area (Å²) in [7, 11) is 2.07. The SMILES string of the molecule is CN(Cc1cncnc1)C[C@@H]1N[C@H](CO)[C@@H]1c1ccc(-c2ccccc2F)cc1. The highest BCUT2D eigenvalue weighted by molar-refractivity contribution is 5.64. The monoisotopic (exact) mass is 392 g/mol. The van der Waals surface area contributed by atoms with Crippen LogP contribution in [0, 0.1) is 5.82 Å². The van der Waals surface area contributed by atoms with Crippen molar-refractivity contribution in [2.75, 3.05) is 20.2 Å². The number of halogens is 1. The van der Waals surface area contributed by atoms with Gasteiger partial charge >= 0.3 is 0 Å². The van der Waals surface area contributed by atoms with Crippen LogP contribution in [0.4, 0.5) is 4.39 Å². The van der Waals surface area contributed by atoms with Crippen LogP contribution in [0.5, 0.6) is 0 Å². The van der Waals surface area contributed by atoms with Gasteiger partial charge in [-0.2, -0.15) is 0 Å². The molecule has 2 heterocycles. The largest absolute Gasteiger partial charge is 0.395 e. The standard InChI is InChI=1S/C23H25FN4O/c1-28(12-16-10-25-15-26-11-16)13-21-23(22(14-29)27-21)18-8-6-17(7-9-18)19-4-2-3-5-20(19)24/h2-11,15,21-23,27,29H,12-14H2,1H3/t21-,22+,23+/m0/s1. The first-order valence-corrected chi connectivity index (χ1v) is 9.80. The number of aliphatic hydroxyl groups excluding tert-OH is 1. The Bertz CT molecular complexity index is 935. The van der Waals surface area contributed by atoms with Crippen molar-refractivity contribution in [2.45, 2.75) is 24.5 Å². The molecule has 1 aliphatic rings. The summed E-state index contributed by atoms with van der Waals surface area (Å²) in [5.74, 6) is -0.00710. The molecular weight excluding hydrogens is 367 g/mol. The van der Waals surface area contributed by atoms with E-state index < -0.39 is 0 Å². The fourth-order valence-electron chi connectivity index (χ4n) is 4.15. The first kappa shape index (κ1) is 19.6. The van der Waals surface area contributed by atoms with Crippen LogP contribution in [0.15, 0.2) is 67.3 Å². The summed E-state index contributed by atoms with van der Waals surface area (Å²) >= 11 is 0. The zero-order valence-electron chi connectivity index (χ0n) is 16.4. The molecule has 1 aliphatic heterocycles. The van der Waals surface area contributed by atoms with E-state index >= 15 is 0 Å². The van der Waals surface area contributed by atoms with Gasteiger partial charge in [0.2, 0.25) is 0 Å².